The first-order valence-corrected chi connectivity index (χ1v) is 3.71. The summed E-state index contributed by atoms with van der Waals surface area (Å²) in [7, 11) is 1.54. The van der Waals surface area contributed by atoms with E-state index in [1.807, 2.05) is 6.07 Å². The second-order valence-corrected chi connectivity index (χ2v) is 2.35. The van der Waals surface area contributed by atoms with Crippen LogP contribution in [0.25, 0.3) is 0 Å². The van der Waals surface area contributed by atoms with Gasteiger partial charge in [-0.05, 0) is 12.1 Å². The minimum Gasteiger partial charge on any atom is -0.495 e. The Hall–Kier alpha value is -1.89. The predicted octanol–water partition coefficient (Wildman–Crippen LogP) is 1.18. The summed E-state index contributed by atoms with van der Waals surface area (Å²) in [6.07, 6.45) is 0. The van der Waals surface area contributed by atoms with Gasteiger partial charge in [0, 0.05) is 6.07 Å². The standard InChI is InChI=1S/C9H10N2O2/c1-12-9-3-2-7(6-8(9)11)13-5-4-10/h2-3,6H,5,11H2,1H3. The molecule has 1 aromatic rings. The first-order valence-electron chi connectivity index (χ1n) is 3.71. The van der Waals surface area contributed by atoms with Crippen molar-refractivity contribution < 1.29 is 9.47 Å². The third-order valence-electron chi connectivity index (χ3n) is 1.50. The highest BCUT2D eigenvalue weighted by Gasteiger charge is 2.00. The van der Waals surface area contributed by atoms with Crippen molar-refractivity contribution in [2.75, 3.05) is 19.5 Å². The molecule has 1 aromatic carbocycles. The molecule has 0 aliphatic carbocycles. The molecule has 0 saturated heterocycles. The molecule has 13 heavy (non-hydrogen) atoms. The molecule has 0 aliphatic heterocycles. The molecule has 0 atom stereocenters. The molecular weight excluding hydrogens is 168 g/mol. The van der Waals surface area contributed by atoms with Crippen LogP contribution in [0.3, 0.4) is 0 Å². The van der Waals surface area contributed by atoms with Crippen LogP contribution < -0.4 is 15.2 Å². The van der Waals surface area contributed by atoms with Gasteiger partial charge in [0.05, 0.1) is 12.8 Å². The van der Waals surface area contributed by atoms with Crippen molar-refractivity contribution in [2.24, 2.45) is 0 Å². The van der Waals surface area contributed by atoms with Crippen LogP contribution in [0.15, 0.2) is 18.2 Å². The summed E-state index contributed by atoms with van der Waals surface area (Å²) in [5.41, 5.74) is 6.11. The van der Waals surface area contributed by atoms with E-state index in [1.165, 1.54) is 0 Å². The van der Waals surface area contributed by atoms with Gasteiger partial charge in [-0.3, -0.25) is 0 Å². The van der Waals surface area contributed by atoms with Gasteiger partial charge in [-0.25, -0.2) is 0 Å². The average Bonchev–Trinajstić information content (AvgIpc) is 2.15. The number of hydrogen-bond acceptors (Lipinski definition) is 4. The number of methoxy groups -OCH3 is 1. The molecule has 0 amide bonds. The average molecular weight is 178 g/mol. The number of ether oxygens (including phenoxy) is 2. The van der Waals surface area contributed by atoms with Gasteiger partial charge in [-0.15, -0.1) is 0 Å². The van der Waals surface area contributed by atoms with Crippen molar-refractivity contribution in [1.29, 1.82) is 5.26 Å². The van der Waals surface area contributed by atoms with E-state index in [4.69, 9.17) is 20.5 Å². The van der Waals surface area contributed by atoms with Crippen molar-refractivity contribution in [2.45, 2.75) is 0 Å². The minimum atomic E-state index is 0.0196. The third-order valence-corrected chi connectivity index (χ3v) is 1.50. The van der Waals surface area contributed by atoms with E-state index in [-0.39, 0.29) is 6.61 Å². The highest BCUT2D eigenvalue weighted by atomic mass is 16.5. The van der Waals surface area contributed by atoms with Crippen LogP contribution in [0.5, 0.6) is 11.5 Å². The van der Waals surface area contributed by atoms with Gasteiger partial charge < -0.3 is 15.2 Å². The second kappa shape index (κ2) is 4.21. The number of nitrogens with two attached hydrogens (primary N) is 1. The molecule has 0 fully saturated rings. The Morgan fingerprint density at radius 2 is 2.31 bits per heavy atom. The lowest BCUT2D eigenvalue weighted by molar-refractivity contribution is 0.366. The van der Waals surface area contributed by atoms with E-state index < -0.39 is 0 Å². The molecule has 0 bridgehead atoms. The summed E-state index contributed by atoms with van der Waals surface area (Å²) in [5.74, 6) is 1.17. The zero-order valence-electron chi connectivity index (χ0n) is 7.28. The summed E-state index contributed by atoms with van der Waals surface area (Å²) >= 11 is 0. The lowest BCUT2D eigenvalue weighted by Crippen LogP contribution is -1.96. The lowest BCUT2D eigenvalue weighted by Gasteiger charge is -2.06. The molecule has 4 nitrogen and oxygen atoms in total. The van der Waals surface area contributed by atoms with Gasteiger partial charge >= 0.3 is 0 Å². The fourth-order valence-corrected chi connectivity index (χ4v) is 0.918. The summed E-state index contributed by atoms with van der Waals surface area (Å²) in [6, 6.07) is 6.89. The highest BCUT2D eigenvalue weighted by molar-refractivity contribution is 5.56. The topological polar surface area (TPSA) is 68.3 Å². The van der Waals surface area contributed by atoms with E-state index in [0.29, 0.717) is 17.2 Å². The maximum absolute atomic E-state index is 8.27. The molecule has 4 heteroatoms. The minimum absolute atomic E-state index is 0.0196. The lowest BCUT2D eigenvalue weighted by atomic mass is 10.3. The van der Waals surface area contributed by atoms with Crippen molar-refractivity contribution in [3.8, 4) is 17.6 Å². The summed E-state index contributed by atoms with van der Waals surface area (Å²) in [4.78, 5) is 0. The molecule has 0 aliphatic rings. The second-order valence-electron chi connectivity index (χ2n) is 2.35. The SMILES string of the molecule is COc1ccc(OCC#N)cc1N. The van der Waals surface area contributed by atoms with Crippen LogP contribution in [0.1, 0.15) is 0 Å². The Morgan fingerprint density at radius 1 is 1.54 bits per heavy atom. The summed E-state index contributed by atoms with van der Waals surface area (Å²) < 4.78 is 10.00. The van der Waals surface area contributed by atoms with E-state index >= 15 is 0 Å². The largest absolute Gasteiger partial charge is 0.495 e. The van der Waals surface area contributed by atoms with Gasteiger partial charge in [0.2, 0.25) is 0 Å². The van der Waals surface area contributed by atoms with Gasteiger partial charge in [0.1, 0.15) is 17.6 Å². The van der Waals surface area contributed by atoms with Crippen LogP contribution in [0.4, 0.5) is 5.69 Å². The molecule has 0 aromatic heterocycles. The van der Waals surface area contributed by atoms with Crippen LogP contribution in [-0.4, -0.2) is 13.7 Å². The molecule has 0 saturated carbocycles. The van der Waals surface area contributed by atoms with Crippen LogP contribution in [0, 0.1) is 11.3 Å². The van der Waals surface area contributed by atoms with E-state index in [2.05, 4.69) is 0 Å². The number of nitriles is 1. The summed E-state index contributed by atoms with van der Waals surface area (Å²) in [6.45, 7) is 0.0196. The van der Waals surface area contributed by atoms with Crippen LogP contribution >= 0.6 is 0 Å². The molecule has 68 valence electrons. The quantitative estimate of drug-likeness (QED) is 0.705. The fraction of sp³-hybridized carbons (Fsp3) is 0.222. The van der Waals surface area contributed by atoms with Gasteiger partial charge in [-0.1, -0.05) is 0 Å². The van der Waals surface area contributed by atoms with Crippen LogP contribution in [0.2, 0.25) is 0 Å². The monoisotopic (exact) mass is 178 g/mol. The number of nitrogens with zero attached hydrogens (tertiary/aromatic N) is 1. The molecule has 1 rings (SSSR count). The molecular formula is C9H10N2O2. The number of anilines is 1. The zero-order valence-corrected chi connectivity index (χ0v) is 7.28. The Balaban J connectivity index is 2.78. The Kier molecular flexibility index (Phi) is 2.98. The highest BCUT2D eigenvalue weighted by Crippen LogP contribution is 2.25. The van der Waals surface area contributed by atoms with Crippen molar-refractivity contribution in [3.63, 3.8) is 0 Å². The molecule has 0 spiro atoms. The van der Waals surface area contributed by atoms with Crippen molar-refractivity contribution in [1.82, 2.24) is 0 Å². The molecule has 0 unspecified atom stereocenters. The smallest absolute Gasteiger partial charge is 0.174 e. The van der Waals surface area contributed by atoms with E-state index in [9.17, 15) is 0 Å². The Labute approximate surface area is 76.5 Å². The maximum atomic E-state index is 8.27. The zero-order chi connectivity index (χ0) is 9.68. The first-order chi connectivity index (χ1) is 6.27. The first kappa shape index (κ1) is 9.20. The normalized spacial score (nSPS) is 8.92. The number of rotatable bonds is 3. The molecule has 0 radical (unpaired) electrons. The molecule has 0 heterocycles. The van der Waals surface area contributed by atoms with E-state index in [0.717, 1.165) is 0 Å². The number of nitrogen functional groups attached to an aromatic ring is 1. The van der Waals surface area contributed by atoms with Crippen LogP contribution in [-0.2, 0) is 0 Å². The number of benzene rings is 1. The van der Waals surface area contributed by atoms with Gasteiger partial charge in [-0.2, -0.15) is 5.26 Å². The summed E-state index contributed by atoms with van der Waals surface area (Å²) in [5, 5.41) is 8.27. The van der Waals surface area contributed by atoms with Crippen molar-refractivity contribution >= 4 is 5.69 Å². The van der Waals surface area contributed by atoms with Gasteiger partial charge in [0.15, 0.2) is 6.61 Å². The van der Waals surface area contributed by atoms with Gasteiger partial charge in [0.25, 0.3) is 0 Å². The Bertz CT molecular complexity index is 331. The van der Waals surface area contributed by atoms with Crippen molar-refractivity contribution in [3.05, 3.63) is 18.2 Å². The third kappa shape index (κ3) is 2.27. The predicted molar refractivity (Wildman–Crippen MR) is 48.5 cm³/mol. The van der Waals surface area contributed by atoms with E-state index in [1.54, 1.807) is 25.3 Å². The molecule has 2 N–H and O–H groups in total. The maximum Gasteiger partial charge on any atom is 0.174 e. The number of hydrogen-bond donors (Lipinski definition) is 1. The fourth-order valence-electron chi connectivity index (χ4n) is 0.918. The Morgan fingerprint density at radius 3 is 2.85 bits per heavy atom.